The highest BCUT2D eigenvalue weighted by Crippen LogP contribution is 2.22. The van der Waals surface area contributed by atoms with Crippen molar-refractivity contribution in [1.29, 1.82) is 0 Å². The van der Waals surface area contributed by atoms with Crippen molar-refractivity contribution < 1.29 is 0 Å². The molecule has 2 atom stereocenters. The summed E-state index contributed by atoms with van der Waals surface area (Å²) in [5.74, 6) is 1.37. The van der Waals surface area contributed by atoms with E-state index in [1.165, 1.54) is 0 Å². The van der Waals surface area contributed by atoms with Crippen molar-refractivity contribution in [2.45, 2.75) is 25.8 Å². The molecule has 0 radical (unpaired) electrons. The lowest BCUT2D eigenvalue weighted by Gasteiger charge is -2.35. The fourth-order valence-corrected chi connectivity index (χ4v) is 2.62. The first-order chi connectivity index (χ1) is 8.78. The van der Waals surface area contributed by atoms with Gasteiger partial charge in [0.05, 0.1) is 0 Å². The molecule has 0 spiro atoms. The number of nitrogens with zero attached hydrogens (tertiary/aromatic N) is 4. The second kappa shape index (κ2) is 4.57. The fraction of sp³-hybridized carbons (Fsp3) is 0.538. The zero-order chi connectivity index (χ0) is 12.5. The molecule has 2 N–H and O–H groups in total. The number of aromatic nitrogens is 3. The lowest BCUT2D eigenvalue weighted by atomic mass is 9.91. The van der Waals surface area contributed by atoms with Gasteiger partial charge in [0.15, 0.2) is 5.65 Å². The summed E-state index contributed by atoms with van der Waals surface area (Å²) in [4.78, 5) is 6.82. The van der Waals surface area contributed by atoms with Gasteiger partial charge in [-0.25, -0.2) is 4.52 Å². The van der Waals surface area contributed by atoms with E-state index in [9.17, 15) is 0 Å². The second-order valence-electron chi connectivity index (χ2n) is 4.98. The van der Waals surface area contributed by atoms with Crippen molar-refractivity contribution >= 4 is 11.6 Å². The van der Waals surface area contributed by atoms with E-state index >= 15 is 0 Å². The van der Waals surface area contributed by atoms with E-state index in [0.717, 1.165) is 37.5 Å². The molecule has 0 aliphatic carbocycles. The van der Waals surface area contributed by atoms with Gasteiger partial charge in [-0.05, 0) is 24.5 Å². The number of piperidine rings is 1. The average molecular weight is 245 g/mol. The first kappa shape index (κ1) is 11.5. The maximum Gasteiger partial charge on any atom is 0.245 e. The SMILES string of the molecule is CCC1CN(c2nc3ccccn3n2)CCC1N. The molecule has 1 aliphatic heterocycles. The van der Waals surface area contributed by atoms with Crippen LogP contribution in [0, 0.1) is 5.92 Å². The normalized spacial score (nSPS) is 24.7. The molecular formula is C13H19N5. The third-order valence-electron chi connectivity index (χ3n) is 3.83. The smallest absolute Gasteiger partial charge is 0.245 e. The van der Waals surface area contributed by atoms with E-state index in [0.29, 0.717) is 12.0 Å². The molecule has 5 heteroatoms. The molecule has 0 bridgehead atoms. The second-order valence-corrected chi connectivity index (χ2v) is 4.98. The summed E-state index contributed by atoms with van der Waals surface area (Å²) >= 11 is 0. The van der Waals surface area contributed by atoms with Gasteiger partial charge in [0.1, 0.15) is 0 Å². The summed E-state index contributed by atoms with van der Waals surface area (Å²) in [7, 11) is 0. The van der Waals surface area contributed by atoms with E-state index in [1.807, 2.05) is 28.9 Å². The van der Waals surface area contributed by atoms with Gasteiger partial charge in [0.2, 0.25) is 5.95 Å². The molecule has 96 valence electrons. The van der Waals surface area contributed by atoms with Crippen molar-refractivity contribution in [3.8, 4) is 0 Å². The summed E-state index contributed by atoms with van der Waals surface area (Å²) < 4.78 is 1.82. The van der Waals surface area contributed by atoms with Gasteiger partial charge in [-0.1, -0.05) is 19.4 Å². The Bertz CT molecular complexity index is 502. The maximum atomic E-state index is 6.13. The zero-order valence-corrected chi connectivity index (χ0v) is 10.7. The quantitative estimate of drug-likeness (QED) is 0.866. The Labute approximate surface area is 107 Å². The number of anilines is 1. The number of rotatable bonds is 2. The van der Waals surface area contributed by atoms with Crippen LogP contribution in [0.15, 0.2) is 24.4 Å². The van der Waals surface area contributed by atoms with Gasteiger partial charge >= 0.3 is 0 Å². The van der Waals surface area contributed by atoms with Crippen LogP contribution < -0.4 is 10.6 Å². The van der Waals surface area contributed by atoms with Crippen LogP contribution >= 0.6 is 0 Å². The minimum atomic E-state index is 0.322. The van der Waals surface area contributed by atoms with Gasteiger partial charge in [0.25, 0.3) is 0 Å². The summed E-state index contributed by atoms with van der Waals surface area (Å²) in [6.45, 7) is 4.12. The van der Waals surface area contributed by atoms with Gasteiger partial charge in [-0.2, -0.15) is 4.98 Å². The molecule has 1 fully saturated rings. The highest BCUT2D eigenvalue weighted by Gasteiger charge is 2.27. The molecule has 2 unspecified atom stereocenters. The van der Waals surface area contributed by atoms with Crippen LogP contribution in [0.4, 0.5) is 5.95 Å². The molecular weight excluding hydrogens is 226 g/mol. The predicted molar refractivity (Wildman–Crippen MR) is 71.6 cm³/mol. The highest BCUT2D eigenvalue weighted by molar-refractivity contribution is 5.44. The maximum absolute atomic E-state index is 6.13. The van der Waals surface area contributed by atoms with Gasteiger partial charge < -0.3 is 10.6 Å². The van der Waals surface area contributed by atoms with Crippen molar-refractivity contribution in [3.63, 3.8) is 0 Å². The third kappa shape index (κ3) is 1.95. The number of hydrogen-bond donors (Lipinski definition) is 1. The first-order valence-corrected chi connectivity index (χ1v) is 6.60. The van der Waals surface area contributed by atoms with Crippen LogP contribution in [0.3, 0.4) is 0 Å². The van der Waals surface area contributed by atoms with Gasteiger partial charge in [0, 0.05) is 25.3 Å². The molecule has 3 rings (SSSR count). The lowest BCUT2D eigenvalue weighted by molar-refractivity contribution is 0.345. The predicted octanol–water partition coefficient (Wildman–Crippen LogP) is 1.29. The number of pyridine rings is 1. The van der Waals surface area contributed by atoms with Crippen molar-refractivity contribution in [2.24, 2.45) is 11.7 Å². The number of fused-ring (bicyclic) bond motifs is 1. The summed E-state index contributed by atoms with van der Waals surface area (Å²) in [6.07, 6.45) is 4.07. The standard InChI is InChI=1S/C13H19N5/c1-2-10-9-17(8-6-11(10)14)13-15-12-5-3-4-7-18(12)16-13/h3-5,7,10-11H,2,6,8-9,14H2,1H3. The van der Waals surface area contributed by atoms with Crippen LogP contribution in [0.1, 0.15) is 19.8 Å². The Morgan fingerprint density at radius 1 is 1.44 bits per heavy atom. The molecule has 1 saturated heterocycles. The zero-order valence-electron chi connectivity index (χ0n) is 10.7. The van der Waals surface area contributed by atoms with Gasteiger partial charge in [-0.3, -0.25) is 0 Å². The van der Waals surface area contributed by atoms with Crippen LogP contribution in [-0.4, -0.2) is 33.7 Å². The van der Waals surface area contributed by atoms with Crippen LogP contribution in [0.5, 0.6) is 0 Å². The largest absolute Gasteiger partial charge is 0.339 e. The Hall–Kier alpha value is -1.62. The fourth-order valence-electron chi connectivity index (χ4n) is 2.62. The molecule has 0 aromatic carbocycles. The van der Waals surface area contributed by atoms with E-state index in [-0.39, 0.29) is 0 Å². The molecule has 1 aliphatic rings. The molecule has 5 nitrogen and oxygen atoms in total. The molecule has 0 saturated carbocycles. The minimum absolute atomic E-state index is 0.322. The van der Waals surface area contributed by atoms with E-state index < -0.39 is 0 Å². The Balaban J connectivity index is 1.86. The first-order valence-electron chi connectivity index (χ1n) is 6.60. The summed E-state index contributed by atoms with van der Waals surface area (Å²) in [6, 6.07) is 6.24. The number of nitrogens with two attached hydrogens (primary N) is 1. The van der Waals surface area contributed by atoms with Crippen LogP contribution in [0.2, 0.25) is 0 Å². The Morgan fingerprint density at radius 2 is 2.33 bits per heavy atom. The molecule has 18 heavy (non-hydrogen) atoms. The van der Waals surface area contributed by atoms with Crippen LogP contribution in [-0.2, 0) is 0 Å². The van der Waals surface area contributed by atoms with Crippen molar-refractivity contribution in [3.05, 3.63) is 24.4 Å². The number of hydrogen-bond acceptors (Lipinski definition) is 4. The van der Waals surface area contributed by atoms with E-state index in [1.54, 1.807) is 0 Å². The minimum Gasteiger partial charge on any atom is -0.339 e. The van der Waals surface area contributed by atoms with Gasteiger partial charge in [-0.15, -0.1) is 5.10 Å². The van der Waals surface area contributed by atoms with E-state index in [4.69, 9.17) is 5.73 Å². The average Bonchev–Trinajstić information content (AvgIpc) is 2.83. The van der Waals surface area contributed by atoms with Crippen molar-refractivity contribution in [2.75, 3.05) is 18.0 Å². The topological polar surface area (TPSA) is 59.5 Å². The highest BCUT2D eigenvalue weighted by atomic mass is 15.4. The molecule has 2 aromatic rings. The Kier molecular flexibility index (Phi) is 2.91. The molecule has 2 aromatic heterocycles. The lowest BCUT2D eigenvalue weighted by Crippen LogP contribution is -2.47. The monoisotopic (exact) mass is 245 g/mol. The molecule has 3 heterocycles. The summed E-state index contributed by atoms with van der Waals surface area (Å²) in [5.41, 5.74) is 7.03. The van der Waals surface area contributed by atoms with E-state index in [2.05, 4.69) is 21.9 Å². The Morgan fingerprint density at radius 3 is 3.11 bits per heavy atom. The third-order valence-corrected chi connectivity index (χ3v) is 3.83. The molecule has 0 amide bonds. The van der Waals surface area contributed by atoms with Crippen LogP contribution in [0.25, 0.3) is 5.65 Å². The summed E-state index contributed by atoms with van der Waals surface area (Å²) in [5, 5.41) is 4.52. The van der Waals surface area contributed by atoms with Crippen molar-refractivity contribution in [1.82, 2.24) is 14.6 Å².